The molecule has 0 saturated carbocycles. The zero-order valence-electron chi connectivity index (χ0n) is 11.0. The molecular formula is C12H19N5S. The third-order valence-corrected chi connectivity index (χ3v) is 4.17. The fraction of sp³-hybridized carbons (Fsp3) is 0.500. The summed E-state index contributed by atoms with van der Waals surface area (Å²) in [6.45, 7) is 7.07. The summed E-state index contributed by atoms with van der Waals surface area (Å²) in [5, 5.41) is 1.07. The molecule has 0 amide bonds. The lowest BCUT2D eigenvalue weighted by Crippen LogP contribution is -2.30. The smallest absolute Gasteiger partial charge is 0.110 e. The molecule has 5 nitrogen and oxygen atoms in total. The number of thiazole rings is 1. The minimum absolute atomic E-state index is 0.0731. The first-order valence-electron chi connectivity index (χ1n) is 6.05. The quantitative estimate of drug-likeness (QED) is 0.638. The average Bonchev–Trinajstić information content (AvgIpc) is 2.92. The predicted octanol–water partition coefficient (Wildman–Crippen LogP) is 1.72. The van der Waals surface area contributed by atoms with Gasteiger partial charge in [0.25, 0.3) is 0 Å². The molecule has 0 bridgehead atoms. The van der Waals surface area contributed by atoms with Crippen LogP contribution in [0.5, 0.6) is 0 Å². The Morgan fingerprint density at radius 2 is 2.28 bits per heavy atom. The van der Waals surface area contributed by atoms with Gasteiger partial charge in [0.1, 0.15) is 5.82 Å². The molecule has 6 heteroatoms. The number of aryl methyl sites for hydroxylation is 3. The van der Waals surface area contributed by atoms with Crippen molar-refractivity contribution in [2.45, 2.75) is 39.8 Å². The number of rotatable bonds is 5. The van der Waals surface area contributed by atoms with Crippen LogP contribution in [-0.4, -0.2) is 14.5 Å². The maximum atomic E-state index is 5.68. The van der Waals surface area contributed by atoms with E-state index < -0.39 is 0 Å². The number of aromatic nitrogens is 3. The zero-order valence-corrected chi connectivity index (χ0v) is 11.8. The standard InChI is InChI=1S/C12H19N5S/c1-4-17-6-5-14-11(17)7-10(16-13)12-8(2)15-9(3)18-12/h5-6,10,16H,4,7,13H2,1-3H3. The molecule has 2 rings (SSSR count). The minimum Gasteiger partial charge on any atom is -0.335 e. The number of hydrogen-bond donors (Lipinski definition) is 2. The van der Waals surface area contributed by atoms with Gasteiger partial charge in [0.15, 0.2) is 0 Å². The van der Waals surface area contributed by atoms with E-state index in [4.69, 9.17) is 5.84 Å². The third-order valence-electron chi connectivity index (χ3n) is 2.99. The van der Waals surface area contributed by atoms with E-state index in [0.29, 0.717) is 0 Å². The van der Waals surface area contributed by atoms with E-state index in [1.54, 1.807) is 11.3 Å². The Kier molecular flexibility index (Phi) is 4.11. The lowest BCUT2D eigenvalue weighted by Gasteiger charge is -2.15. The highest BCUT2D eigenvalue weighted by Crippen LogP contribution is 2.26. The van der Waals surface area contributed by atoms with Gasteiger partial charge in [-0.15, -0.1) is 11.3 Å². The molecule has 98 valence electrons. The van der Waals surface area contributed by atoms with Crippen molar-refractivity contribution in [2.75, 3.05) is 0 Å². The van der Waals surface area contributed by atoms with Crippen LogP contribution in [0.2, 0.25) is 0 Å². The molecule has 0 aliphatic rings. The Morgan fingerprint density at radius 3 is 2.83 bits per heavy atom. The second kappa shape index (κ2) is 5.60. The van der Waals surface area contributed by atoms with Crippen molar-refractivity contribution in [1.82, 2.24) is 20.0 Å². The van der Waals surface area contributed by atoms with Gasteiger partial charge in [0.05, 0.1) is 16.7 Å². The van der Waals surface area contributed by atoms with Crippen LogP contribution in [0.4, 0.5) is 0 Å². The summed E-state index contributed by atoms with van der Waals surface area (Å²) in [4.78, 5) is 10.0. The largest absolute Gasteiger partial charge is 0.335 e. The first-order chi connectivity index (χ1) is 8.65. The van der Waals surface area contributed by atoms with E-state index in [9.17, 15) is 0 Å². The van der Waals surface area contributed by atoms with E-state index in [2.05, 4.69) is 26.9 Å². The van der Waals surface area contributed by atoms with Gasteiger partial charge in [-0.3, -0.25) is 11.3 Å². The molecule has 18 heavy (non-hydrogen) atoms. The lowest BCUT2D eigenvalue weighted by atomic mass is 10.1. The van der Waals surface area contributed by atoms with Gasteiger partial charge in [-0.05, 0) is 20.8 Å². The second-order valence-electron chi connectivity index (χ2n) is 4.24. The number of nitrogens with two attached hydrogens (primary N) is 1. The summed E-state index contributed by atoms with van der Waals surface area (Å²) in [5.41, 5.74) is 3.93. The number of hydrogen-bond acceptors (Lipinski definition) is 5. The number of nitrogens with zero attached hydrogens (tertiary/aromatic N) is 3. The zero-order chi connectivity index (χ0) is 13.1. The van der Waals surface area contributed by atoms with Gasteiger partial charge in [0, 0.05) is 30.2 Å². The molecular weight excluding hydrogens is 246 g/mol. The molecule has 0 aliphatic heterocycles. The number of imidazole rings is 1. The minimum atomic E-state index is 0.0731. The van der Waals surface area contributed by atoms with Crippen molar-refractivity contribution in [3.05, 3.63) is 33.8 Å². The van der Waals surface area contributed by atoms with Crippen molar-refractivity contribution in [3.8, 4) is 0 Å². The molecule has 0 radical (unpaired) electrons. The van der Waals surface area contributed by atoms with E-state index in [-0.39, 0.29) is 6.04 Å². The molecule has 0 aliphatic carbocycles. The highest BCUT2D eigenvalue weighted by Gasteiger charge is 2.18. The van der Waals surface area contributed by atoms with Gasteiger partial charge in [-0.1, -0.05) is 0 Å². The normalized spacial score (nSPS) is 12.9. The van der Waals surface area contributed by atoms with Gasteiger partial charge in [-0.2, -0.15) is 0 Å². The molecule has 2 aromatic rings. The van der Waals surface area contributed by atoms with Crippen LogP contribution < -0.4 is 11.3 Å². The lowest BCUT2D eigenvalue weighted by molar-refractivity contribution is 0.527. The number of nitrogens with one attached hydrogen (secondary N) is 1. The van der Waals surface area contributed by atoms with Crippen LogP contribution in [0.1, 0.15) is 34.4 Å². The SMILES string of the molecule is CCn1ccnc1CC(NN)c1sc(C)nc1C. The second-order valence-corrected chi connectivity index (χ2v) is 5.47. The summed E-state index contributed by atoms with van der Waals surface area (Å²) < 4.78 is 2.13. The third kappa shape index (κ3) is 2.60. The number of hydrazine groups is 1. The van der Waals surface area contributed by atoms with Crippen LogP contribution in [-0.2, 0) is 13.0 Å². The Morgan fingerprint density at radius 1 is 1.50 bits per heavy atom. The first kappa shape index (κ1) is 13.2. The fourth-order valence-corrected chi connectivity index (χ4v) is 3.09. The summed E-state index contributed by atoms with van der Waals surface area (Å²) >= 11 is 1.69. The molecule has 0 spiro atoms. The van der Waals surface area contributed by atoms with Crippen LogP contribution in [0.15, 0.2) is 12.4 Å². The Balaban J connectivity index is 2.22. The molecule has 0 saturated heterocycles. The molecule has 1 unspecified atom stereocenters. The van der Waals surface area contributed by atoms with Crippen molar-refractivity contribution >= 4 is 11.3 Å². The van der Waals surface area contributed by atoms with E-state index in [1.165, 1.54) is 4.88 Å². The summed E-state index contributed by atoms with van der Waals surface area (Å²) in [6, 6.07) is 0.0731. The van der Waals surface area contributed by atoms with E-state index >= 15 is 0 Å². The fourth-order valence-electron chi connectivity index (χ4n) is 2.10. The van der Waals surface area contributed by atoms with Crippen molar-refractivity contribution in [1.29, 1.82) is 0 Å². The molecule has 2 heterocycles. The van der Waals surface area contributed by atoms with Crippen molar-refractivity contribution in [2.24, 2.45) is 5.84 Å². The first-order valence-corrected chi connectivity index (χ1v) is 6.87. The van der Waals surface area contributed by atoms with Gasteiger partial charge in [0.2, 0.25) is 0 Å². The Bertz CT molecular complexity index is 516. The Hall–Kier alpha value is -1.24. The van der Waals surface area contributed by atoms with Gasteiger partial charge < -0.3 is 4.57 Å². The van der Waals surface area contributed by atoms with Crippen LogP contribution in [0.25, 0.3) is 0 Å². The summed E-state index contributed by atoms with van der Waals surface area (Å²) in [6.07, 6.45) is 4.60. The molecule has 3 N–H and O–H groups in total. The van der Waals surface area contributed by atoms with Crippen molar-refractivity contribution < 1.29 is 0 Å². The highest BCUT2D eigenvalue weighted by molar-refractivity contribution is 7.11. The van der Waals surface area contributed by atoms with Crippen LogP contribution in [0.3, 0.4) is 0 Å². The summed E-state index contributed by atoms with van der Waals surface area (Å²) in [5.74, 6) is 6.73. The predicted molar refractivity (Wildman–Crippen MR) is 73.3 cm³/mol. The summed E-state index contributed by atoms with van der Waals surface area (Å²) in [7, 11) is 0. The van der Waals surface area contributed by atoms with Crippen LogP contribution in [0, 0.1) is 13.8 Å². The Labute approximate surface area is 111 Å². The molecule has 1 atom stereocenters. The maximum Gasteiger partial charge on any atom is 0.110 e. The van der Waals surface area contributed by atoms with Gasteiger partial charge >= 0.3 is 0 Å². The highest BCUT2D eigenvalue weighted by atomic mass is 32.1. The van der Waals surface area contributed by atoms with Crippen LogP contribution >= 0.6 is 11.3 Å². The average molecular weight is 265 g/mol. The van der Waals surface area contributed by atoms with Crippen molar-refractivity contribution in [3.63, 3.8) is 0 Å². The van der Waals surface area contributed by atoms with E-state index in [0.717, 1.165) is 29.5 Å². The maximum absolute atomic E-state index is 5.68. The topological polar surface area (TPSA) is 68.8 Å². The van der Waals surface area contributed by atoms with E-state index in [1.807, 2.05) is 26.2 Å². The molecule has 0 fully saturated rings. The van der Waals surface area contributed by atoms with Gasteiger partial charge in [-0.25, -0.2) is 9.97 Å². The molecule has 2 aromatic heterocycles. The monoisotopic (exact) mass is 265 g/mol. The molecule has 0 aromatic carbocycles.